The molecule has 0 saturated carbocycles. The number of hydrogen-bond donors (Lipinski definition) is 2. The Bertz CT molecular complexity index is 701. The molecule has 0 spiro atoms. The van der Waals surface area contributed by atoms with Crippen LogP contribution >= 0.6 is 12.6 Å². The van der Waals surface area contributed by atoms with Crippen molar-refractivity contribution in [3.63, 3.8) is 0 Å². The molecular weight excluding hydrogens is 322 g/mol. The van der Waals surface area contributed by atoms with Gasteiger partial charge in [0.1, 0.15) is 0 Å². The number of Topliss-reactive ketones (excluding diaryl/α,β-unsaturated/α-hetero) is 1. The first-order valence-electron chi connectivity index (χ1n) is 7.70. The average Bonchev–Trinajstić information content (AvgIpc) is 2.60. The Morgan fingerprint density at radius 2 is 1.46 bits per heavy atom. The Hall–Kier alpha value is -2.40. The number of amides is 1. The number of rotatable bonds is 8. The summed E-state index contributed by atoms with van der Waals surface area (Å²) in [6.07, 6.45) is 0.516. The summed E-state index contributed by atoms with van der Waals surface area (Å²) in [6.45, 7) is 0. The maximum Gasteiger partial charge on any atom is 0.251 e. The quantitative estimate of drug-likeness (QED) is 0.726. The van der Waals surface area contributed by atoms with E-state index < -0.39 is 6.04 Å². The Labute approximate surface area is 146 Å². The number of carbonyl (C=O) groups is 3. The molecule has 24 heavy (non-hydrogen) atoms. The minimum atomic E-state index is -0.673. The average molecular weight is 341 g/mol. The summed E-state index contributed by atoms with van der Waals surface area (Å²) in [4.78, 5) is 35.8. The standard InChI is InChI=1S/C19H19NO3S/c21-17(11-12-18(22)24)16(13-14-7-3-1-4-8-14)20-19(23)15-9-5-2-6-10-15/h1-10,16H,11-13H2,(H,20,23)(H,22,24). The summed E-state index contributed by atoms with van der Waals surface area (Å²) in [5.74, 6) is -0.479. The first kappa shape index (κ1) is 17.9. The summed E-state index contributed by atoms with van der Waals surface area (Å²) in [5.41, 5.74) is 1.44. The van der Waals surface area contributed by atoms with Crippen molar-refractivity contribution in [2.45, 2.75) is 25.3 Å². The second-order valence-electron chi connectivity index (χ2n) is 5.44. The largest absolute Gasteiger partial charge is 0.342 e. The fraction of sp³-hybridized carbons (Fsp3) is 0.211. The summed E-state index contributed by atoms with van der Waals surface area (Å²) in [7, 11) is 0. The monoisotopic (exact) mass is 341 g/mol. The van der Waals surface area contributed by atoms with E-state index in [9.17, 15) is 14.4 Å². The van der Waals surface area contributed by atoms with Crippen molar-refractivity contribution in [1.29, 1.82) is 0 Å². The Kier molecular flexibility index (Phi) is 6.75. The van der Waals surface area contributed by atoms with Gasteiger partial charge in [0.2, 0.25) is 0 Å². The van der Waals surface area contributed by atoms with Gasteiger partial charge in [-0.05, 0) is 24.1 Å². The van der Waals surface area contributed by atoms with Crippen molar-refractivity contribution >= 4 is 29.4 Å². The van der Waals surface area contributed by atoms with Crippen LogP contribution in [0.2, 0.25) is 0 Å². The minimum absolute atomic E-state index is 0.0639. The van der Waals surface area contributed by atoms with Gasteiger partial charge in [-0.2, -0.15) is 0 Å². The van der Waals surface area contributed by atoms with Gasteiger partial charge in [-0.1, -0.05) is 48.5 Å². The van der Waals surface area contributed by atoms with Gasteiger partial charge >= 0.3 is 0 Å². The zero-order valence-electron chi connectivity index (χ0n) is 13.1. The molecule has 0 aliphatic heterocycles. The predicted molar refractivity (Wildman–Crippen MR) is 96.1 cm³/mol. The number of nitrogens with one attached hydrogen (secondary N) is 1. The van der Waals surface area contributed by atoms with Gasteiger partial charge in [0.05, 0.1) is 6.04 Å². The molecule has 2 rings (SSSR count). The third-order valence-electron chi connectivity index (χ3n) is 3.60. The lowest BCUT2D eigenvalue weighted by atomic mass is 9.99. The molecule has 5 heteroatoms. The second kappa shape index (κ2) is 9.03. The molecule has 2 aromatic carbocycles. The van der Waals surface area contributed by atoms with E-state index in [4.69, 9.17) is 0 Å². The molecule has 0 radical (unpaired) electrons. The molecule has 0 aliphatic carbocycles. The van der Waals surface area contributed by atoms with Gasteiger partial charge in [-0.25, -0.2) is 0 Å². The molecule has 124 valence electrons. The van der Waals surface area contributed by atoms with Crippen LogP contribution in [0.1, 0.15) is 28.8 Å². The highest BCUT2D eigenvalue weighted by atomic mass is 32.1. The van der Waals surface area contributed by atoms with Gasteiger partial charge in [0, 0.05) is 18.4 Å². The molecule has 0 heterocycles. The number of ketones is 1. The number of carbonyl (C=O) groups excluding carboxylic acids is 3. The van der Waals surface area contributed by atoms with Crippen molar-refractivity contribution < 1.29 is 14.4 Å². The molecule has 1 amide bonds. The highest BCUT2D eigenvalue weighted by Gasteiger charge is 2.22. The SMILES string of the molecule is O=C(S)CCC(=O)C(Cc1ccccc1)NC(=O)c1ccccc1. The van der Waals surface area contributed by atoms with Crippen molar-refractivity contribution in [2.75, 3.05) is 0 Å². The highest BCUT2D eigenvalue weighted by Crippen LogP contribution is 2.09. The van der Waals surface area contributed by atoms with E-state index in [2.05, 4.69) is 17.9 Å². The van der Waals surface area contributed by atoms with E-state index in [1.807, 2.05) is 36.4 Å². The summed E-state index contributed by atoms with van der Waals surface area (Å²) in [5, 5.41) is 2.44. The summed E-state index contributed by atoms with van der Waals surface area (Å²) >= 11 is 3.69. The van der Waals surface area contributed by atoms with Crippen LogP contribution in [0.5, 0.6) is 0 Å². The molecule has 1 N–H and O–H groups in total. The van der Waals surface area contributed by atoms with Crippen LogP contribution in [0, 0.1) is 0 Å². The first-order chi connectivity index (χ1) is 11.6. The normalized spacial score (nSPS) is 11.5. The van der Waals surface area contributed by atoms with Gasteiger partial charge in [-0.15, -0.1) is 12.6 Å². The predicted octanol–water partition coefficient (Wildman–Crippen LogP) is 2.83. The molecule has 0 fully saturated rings. The molecule has 1 unspecified atom stereocenters. The molecule has 0 aliphatic rings. The van der Waals surface area contributed by atoms with E-state index in [-0.39, 0.29) is 29.6 Å². The van der Waals surface area contributed by atoms with Crippen LogP contribution in [0.4, 0.5) is 0 Å². The fourth-order valence-corrected chi connectivity index (χ4v) is 2.44. The Balaban J connectivity index is 2.11. The van der Waals surface area contributed by atoms with E-state index in [0.29, 0.717) is 12.0 Å². The molecular formula is C19H19NO3S. The van der Waals surface area contributed by atoms with Crippen molar-refractivity contribution in [3.8, 4) is 0 Å². The van der Waals surface area contributed by atoms with Crippen LogP contribution in [0.15, 0.2) is 60.7 Å². The lowest BCUT2D eigenvalue weighted by Gasteiger charge is -2.18. The molecule has 1 atom stereocenters. The van der Waals surface area contributed by atoms with Crippen molar-refractivity contribution in [1.82, 2.24) is 5.32 Å². The number of thiol groups is 1. The van der Waals surface area contributed by atoms with Crippen molar-refractivity contribution in [2.24, 2.45) is 0 Å². The van der Waals surface area contributed by atoms with Gasteiger partial charge in [0.15, 0.2) is 10.9 Å². The van der Waals surface area contributed by atoms with Crippen LogP contribution in [0.3, 0.4) is 0 Å². The van der Waals surface area contributed by atoms with E-state index in [0.717, 1.165) is 5.56 Å². The third kappa shape index (κ3) is 5.66. The summed E-state index contributed by atoms with van der Waals surface area (Å²) < 4.78 is 0. The van der Waals surface area contributed by atoms with E-state index in [1.165, 1.54) is 0 Å². The van der Waals surface area contributed by atoms with Crippen LogP contribution < -0.4 is 5.32 Å². The topological polar surface area (TPSA) is 63.2 Å². The maximum atomic E-state index is 12.4. The van der Waals surface area contributed by atoms with Gasteiger partial charge in [0.25, 0.3) is 5.91 Å². The van der Waals surface area contributed by atoms with E-state index in [1.54, 1.807) is 24.3 Å². The Morgan fingerprint density at radius 3 is 2.04 bits per heavy atom. The maximum absolute atomic E-state index is 12.4. The van der Waals surface area contributed by atoms with Gasteiger partial charge in [-0.3, -0.25) is 14.4 Å². The lowest BCUT2D eigenvalue weighted by molar-refractivity contribution is -0.122. The van der Waals surface area contributed by atoms with Crippen LogP contribution in [-0.4, -0.2) is 22.8 Å². The zero-order chi connectivity index (χ0) is 17.4. The summed E-state index contributed by atoms with van der Waals surface area (Å²) in [6, 6.07) is 17.5. The minimum Gasteiger partial charge on any atom is -0.342 e. The van der Waals surface area contributed by atoms with Crippen molar-refractivity contribution in [3.05, 3.63) is 71.8 Å². The molecule has 0 bridgehead atoms. The number of benzene rings is 2. The molecule has 0 aromatic heterocycles. The fourth-order valence-electron chi connectivity index (χ4n) is 2.33. The van der Waals surface area contributed by atoms with E-state index >= 15 is 0 Å². The molecule has 2 aromatic rings. The Morgan fingerprint density at radius 1 is 0.875 bits per heavy atom. The van der Waals surface area contributed by atoms with Crippen LogP contribution in [0.25, 0.3) is 0 Å². The highest BCUT2D eigenvalue weighted by molar-refractivity contribution is 7.96. The smallest absolute Gasteiger partial charge is 0.251 e. The number of hydrogen-bond acceptors (Lipinski definition) is 3. The molecule has 0 saturated heterocycles. The second-order valence-corrected chi connectivity index (χ2v) is 5.94. The molecule has 4 nitrogen and oxygen atoms in total. The van der Waals surface area contributed by atoms with Gasteiger partial charge < -0.3 is 5.32 Å². The van der Waals surface area contributed by atoms with Crippen LogP contribution in [-0.2, 0) is 16.0 Å². The lowest BCUT2D eigenvalue weighted by Crippen LogP contribution is -2.42. The first-order valence-corrected chi connectivity index (χ1v) is 8.15. The third-order valence-corrected chi connectivity index (χ3v) is 3.82. The zero-order valence-corrected chi connectivity index (χ0v) is 14.0.